The van der Waals surface area contributed by atoms with Gasteiger partial charge < -0.3 is 19.8 Å². The van der Waals surface area contributed by atoms with E-state index < -0.39 is 0 Å². The first-order valence-electron chi connectivity index (χ1n) is 5.87. The zero-order chi connectivity index (χ0) is 12.7. The number of rotatable bonds is 1. The van der Waals surface area contributed by atoms with Crippen molar-refractivity contribution in [2.45, 2.75) is 13.8 Å². The summed E-state index contributed by atoms with van der Waals surface area (Å²) in [4.78, 5) is 4.28. The number of nitrogen functional groups attached to an aromatic ring is 1. The quantitative estimate of drug-likeness (QED) is 0.779. The molecule has 0 atom stereocenters. The van der Waals surface area contributed by atoms with Gasteiger partial charge in [0.25, 0.3) is 0 Å². The highest BCUT2D eigenvalue weighted by molar-refractivity contribution is 5.66. The molecule has 0 fully saturated rings. The third-order valence-electron chi connectivity index (χ3n) is 3.20. The van der Waals surface area contributed by atoms with Crippen LogP contribution in [0.15, 0.2) is 18.5 Å². The maximum Gasteiger partial charge on any atom is 0.163 e. The van der Waals surface area contributed by atoms with Crippen LogP contribution in [0, 0.1) is 13.8 Å². The average molecular weight is 245 g/mol. The normalized spacial score (nSPS) is 13.7. The summed E-state index contributed by atoms with van der Waals surface area (Å²) < 4.78 is 13.0. The lowest BCUT2D eigenvalue weighted by atomic mass is 10.2. The van der Waals surface area contributed by atoms with Gasteiger partial charge in [-0.1, -0.05) is 0 Å². The van der Waals surface area contributed by atoms with Crippen LogP contribution in [0.3, 0.4) is 0 Å². The summed E-state index contributed by atoms with van der Waals surface area (Å²) in [6, 6.07) is 3.70. The Bertz CT molecular complexity index is 605. The Kier molecular flexibility index (Phi) is 2.40. The number of hydrogen-bond donors (Lipinski definition) is 1. The molecule has 0 aliphatic carbocycles. The summed E-state index contributed by atoms with van der Waals surface area (Å²) >= 11 is 0. The van der Waals surface area contributed by atoms with E-state index in [1.807, 2.05) is 24.5 Å². The molecule has 0 amide bonds. The minimum absolute atomic E-state index is 0.564. The van der Waals surface area contributed by atoms with E-state index >= 15 is 0 Å². The third-order valence-corrected chi connectivity index (χ3v) is 3.20. The summed E-state index contributed by atoms with van der Waals surface area (Å²) in [5.41, 5.74) is 9.65. The molecule has 2 N–H and O–H groups in total. The molecule has 94 valence electrons. The van der Waals surface area contributed by atoms with Crippen molar-refractivity contribution in [2.75, 3.05) is 18.9 Å². The zero-order valence-corrected chi connectivity index (χ0v) is 10.4. The maximum absolute atomic E-state index is 6.07. The highest BCUT2D eigenvalue weighted by Crippen LogP contribution is 2.36. The number of hydrogen-bond acceptors (Lipinski definition) is 4. The fourth-order valence-electron chi connectivity index (χ4n) is 2.04. The minimum atomic E-state index is 0.564. The predicted octanol–water partition coefficient (Wildman–Crippen LogP) is 1.84. The Morgan fingerprint density at radius 1 is 1.17 bits per heavy atom. The Morgan fingerprint density at radius 2 is 1.83 bits per heavy atom. The molecule has 0 radical (unpaired) electrons. The number of benzene rings is 1. The van der Waals surface area contributed by atoms with Crippen LogP contribution in [0.5, 0.6) is 11.5 Å². The number of nitrogens with two attached hydrogens (primary N) is 1. The predicted molar refractivity (Wildman–Crippen MR) is 68.4 cm³/mol. The van der Waals surface area contributed by atoms with Gasteiger partial charge >= 0.3 is 0 Å². The second-order valence-corrected chi connectivity index (χ2v) is 4.34. The van der Waals surface area contributed by atoms with Gasteiger partial charge in [-0.3, -0.25) is 0 Å². The van der Waals surface area contributed by atoms with Crippen molar-refractivity contribution in [3.8, 4) is 17.2 Å². The molecule has 0 unspecified atom stereocenters. The van der Waals surface area contributed by atoms with Crippen molar-refractivity contribution in [3.05, 3.63) is 29.8 Å². The molecule has 0 bridgehead atoms. The van der Waals surface area contributed by atoms with E-state index in [1.165, 1.54) is 0 Å². The van der Waals surface area contributed by atoms with Gasteiger partial charge in [-0.05, 0) is 13.8 Å². The van der Waals surface area contributed by atoms with E-state index in [9.17, 15) is 0 Å². The number of fused-ring (bicyclic) bond motifs is 1. The fourth-order valence-corrected chi connectivity index (χ4v) is 2.04. The zero-order valence-electron chi connectivity index (χ0n) is 10.4. The van der Waals surface area contributed by atoms with Crippen molar-refractivity contribution in [1.29, 1.82) is 0 Å². The standard InChI is InChI=1S/C13H15N3O2/c1-8-9(2)16(7-15-8)11-6-13-12(5-10(11)14)17-3-4-18-13/h5-7H,3-4,14H2,1-2H3. The van der Waals surface area contributed by atoms with Crippen LogP contribution in [0.1, 0.15) is 11.4 Å². The average Bonchev–Trinajstić information content (AvgIpc) is 2.69. The lowest BCUT2D eigenvalue weighted by Crippen LogP contribution is -2.16. The lowest BCUT2D eigenvalue weighted by Gasteiger charge is -2.20. The molecule has 0 spiro atoms. The van der Waals surface area contributed by atoms with Gasteiger partial charge in [0.2, 0.25) is 0 Å². The highest BCUT2D eigenvalue weighted by Gasteiger charge is 2.16. The molecule has 0 saturated carbocycles. The van der Waals surface area contributed by atoms with E-state index in [0.29, 0.717) is 24.7 Å². The molecule has 1 aromatic heterocycles. The SMILES string of the molecule is Cc1ncn(-c2cc3c(cc2N)OCCO3)c1C. The van der Waals surface area contributed by atoms with Gasteiger partial charge in [-0.2, -0.15) is 0 Å². The second kappa shape index (κ2) is 3.94. The van der Waals surface area contributed by atoms with E-state index in [2.05, 4.69) is 4.98 Å². The molecule has 2 aromatic rings. The highest BCUT2D eigenvalue weighted by atomic mass is 16.6. The van der Waals surface area contributed by atoms with Gasteiger partial charge in [0.1, 0.15) is 13.2 Å². The lowest BCUT2D eigenvalue weighted by molar-refractivity contribution is 0.171. The molecule has 2 heterocycles. The molecule has 0 saturated heterocycles. The minimum Gasteiger partial charge on any atom is -0.486 e. The number of nitrogens with zero attached hydrogens (tertiary/aromatic N) is 2. The number of aromatic nitrogens is 2. The monoisotopic (exact) mass is 245 g/mol. The van der Waals surface area contributed by atoms with Gasteiger partial charge in [-0.15, -0.1) is 0 Å². The van der Waals surface area contributed by atoms with Gasteiger partial charge in [0, 0.05) is 17.8 Å². The van der Waals surface area contributed by atoms with E-state index in [0.717, 1.165) is 22.8 Å². The van der Waals surface area contributed by atoms with Gasteiger partial charge in [-0.25, -0.2) is 4.98 Å². The molecule has 1 aliphatic rings. The van der Waals surface area contributed by atoms with Crippen LogP contribution in [0.25, 0.3) is 5.69 Å². The summed E-state index contributed by atoms with van der Waals surface area (Å²) in [6.45, 7) is 5.12. The summed E-state index contributed by atoms with van der Waals surface area (Å²) in [6.07, 6.45) is 1.77. The van der Waals surface area contributed by atoms with Crippen molar-refractivity contribution >= 4 is 5.69 Å². The van der Waals surface area contributed by atoms with Gasteiger partial charge in [0.15, 0.2) is 11.5 Å². The summed E-state index contributed by atoms with van der Waals surface area (Å²) in [7, 11) is 0. The van der Waals surface area contributed by atoms with Crippen molar-refractivity contribution in [2.24, 2.45) is 0 Å². The molecule has 18 heavy (non-hydrogen) atoms. The molecular formula is C13H15N3O2. The third kappa shape index (κ3) is 1.59. The Labute approximate surface area is 105 Å². The van der Waals surface area contributed by atoms with Crippen molar-refractivity contribution < 1.29 is 9.47 Å². The maximum atomic E-state index is 6.07. The number of imidazole rings is 1. The number of ether oxygens (including phenoxy) is 2. The van der Waals surface area contributed by atoms with Crippen LogP contribution < -0.4 is 15.2 Å². The topological polar surface area (TPSA) is 62.3 Å². The fraction of sp³-hybridized carbons (Fsp3) is 0.308. The largest absolute Gasteiger partial charge is 0.486 e. The first-order valence-corrected chi connectivity index (χ1v) is 5.87. The van der Waals surface area contributed by atoms with E-state index in [-0.39, 0.29) is 0 Å². The molecule has 1 aliphatic heterocycles. The van der Waals surface area contributed by atoms with Crippen LogP contribution in [0.2, 0.25) is 0 Å². The Hall–Kier alpha value is -2.17. The molecule has 3 rings (SSSR count). The van der Waals surface area contributed by atoms with Crippen LogP contribution in [-0.2, 0) is 0 Å². The van der Waals surface area contributed by atoms with Crippen LogP contribution in [0.4, 0.5) is 5.69 Å². The second-order valence-electron chi connectivity index (χ2n) is 4.34. The number of aryl methyl sites for hydroxylation is 1. The number of anilines is 1. The van der Waals surface area contributed by atoms with E-state index in [1.54, 1.807) is 12.4 Å². The Balaban J connectivity index is 2.15. The van der Waals surface area contributed by atoms with Crippen LogP contribution in [-0.4, -0.2) is 22.8 Å². The molecule has 1 aromatic carbocycles. The molecule has 5 heteroatoms. The van der Waals surface area contributed by atoms with Crippen molar-refractivity contribution in [3.63, 3.8) is 0 Å². The molecule has 5 nitrogen and oxygen atoms in total. The Morgan fingerprint density at radius 3 is 2.44 bits per heavy atom. The van der Waals surface area contributed by atoms with E-state index in [4.69, 9.17) is 15.2 Å². The summed E-state index contributed by atoms with van der Waals surface area (Å²) in [5, 5.41) is 0. The first-order chi connectivity index (χ1) is 8.66. The van der Waals surface area contributed by atoms with Crippen LogP contribution >= 0.6 is 0 Å². The first kappa shape index (κ1) is 11.0. The van der Waals surface area contributed by atoms with Crippen molar-refractivity contribution in [1.82, 2.24) is 9.55 Å². The smallest absolute Gasteiger partial charge is 0.163 e. The summed E-state index contributed by atoms with van der Waals surface area (Å²) in [5.74, 6) is 1.44. The van der Waals surface area contributed by atoms with Gasteiger partial charge in [0.05, 0.1) is 23.4 Å². The molecular weight excluding hydrogens is 230 g/mol.